The van der Waals surface area contributed by atoms with Crippen LogP contribution in [-0.2, 0) is 16.1 Å². The highest BCUT2D eigenvalue weighted by Crippen LogP contribution is 2.28. The second-order valence-corrected chi connectivity index (χ2v) is 6.42. The number of carbonyl (C=O) groups is 1. The molecule has 0 aromatic heterocycles. The minimum absolute atomic E-state index is 0.00189. The third kappa shape index (κ3) is 5.30. The number of nitro benzene ring substituents is 1. The van der Waals surface area contributed by atoms with Gasteiger partial charge in [0.25, 0.3) is 5.69 Å². The Morgan fingerprint density at radius 2 is 1.87 bits per heavy atom. The van der Waals surface area contributed by atoms with E-state index in [1.54, 1.807) is 30.0 Å². The van der Waals surface area contributed by atoms with E-state index in [9.17, 15) is 14.9 Å². The fourth-order valence-electron chi connectivity index (χ4n) is 1.79. The van der Waals surface area contributed by atoms with Gasteiger partial charge < -0.3 is 4.74 Å². The SMILES string of the molecule is CSc1ccc(COC(=O)CSc2ccccc2[N+](=O)[O-])cc1. The number of nitro groups is 1. The van der Waals surface area contributed by atoms with E-state index in [0.29, 0.717) is 4.90 Å². The molecule has 0 aliphatic rings. The van der Waals surface area contributed by atoms with Gasteiger partial charge in [-0.15, -0.1) is 23.5 Å². The van der Waals surface area contributed by atoms with Gasteiger partial charge in [0.2, 0.25) is 0 Å². The lowest BCUT2D eigenvalue weighted by atomic mass is 10.2. The van der Waals surface area contributed by atoms with Crippen LogP contribution >= 0.6 is 23.5 Å². The molecule has 0 fully saturated rings. The number of ether oxygens (including phenoxy) is 1. The van der Waals surface area contributed by atoms with E-state index < -0.39 is 10.9 Å². The van der Waals surface area contributed by atoms with Crippen LogP contribution in [0, 0.1) is 10.1 Å². The van der Waals surface area contributed by atoms with Crippen molar-refractivity contribution in [2.24, 2.45) is 0 Å². The highest BCUT2D eigenvalue weighted by Gasteiger charge is 2.14. The largest absolute Gasteiger partial charge is 0.460 e. The van der Waals surface area contributed by atoms with E-state index in [1.165, 1.54) is 6.07 Å². The van der Waals surface area contributed by atoms with Crippen LogP contribution in [-0.4, -0.2) is 22.9 Å². The van der Waals surface area contributed by atoms with Gasteiger partial charge in [0, 0.05) is 11.0 Å². The molecule has 120 valence electrons. The van der Waals surface area contributed by atoms with Gasteiger partial charge in [0.1, 0.15) is 6.61 Å². The van der Waals surface area contributed by atoms with Crippen LogP contribution in [0.4, 0.5) is 5.69 Å². The smallest absolute Gasteiger partial charge is 0.316 e. The van der Waals surface area contributed by atoms with Gasteiger partial charge in [-0.2, -0.15) is 0 Å². The number of hydrogen-bond acceptors (Lipinski definition) is 6. The number of nitrogens with zero attached hydrogens (tertiary/aromatic N) is 1. The summed E-state index contributed by atoms with van der Waals surface area (Å²) in [5.41, 5.74) is 0.907. The summed E-state index contributed by atoms with van der Waals surface area (Å²) in [7, 11) is 0. The van der Waals surface area contributed by atoms with Crippen molar-refractivity contribution in [1.82, 2.24) is 0 Å². The molecule has 0 unspecified atom stereocenters. The van der Waals surface area contributed by atoms with Crippen LogP contribution in [0.1, 0.15) is 5.56 Å². The van der Waals surface area contributed by atoms with Crippen LogP contribution in [0.15, 0.2) is 58.3 Å². The molecule has 0 heterocycles. The molecule has 7 heteroatoms. The predicted molar refractivity (Wildman–Crippen MR) is 91.8 cm³/mol. The van der Waals surface area contributed by atoms with E-state index in [-0.39, 0.29) is 18.0 Å². The molecule has 0 aliphatic heterocycles. The molecule has 0 saturated carbocycles. The first-order valence-corrected chi connectivity index (χ1v) is 8.96. The summed E-state index contributed by atoms with van der Waals surface area (Å²) in [6.07, 6.45) is 2.00. The number of carbonyl (C=O) groups excluding carboxylic acids is 1. The van der Waals surface area contributed by atoms with Crippen LogP contribution < -0.4 is 0 Å². The molecule has 0 saturated heterocycles. The van der Waals surface area contributed by atoms with Gasteiger partial charge in [-0.25, -0.2) is 0 Å². The molecule has 2 aromatic carbocycles. The van der Waals surface area contributed by atoms with Crippen molar-refractivity contribution < 1.29 is 14.5 Å². The quantitative estimate of drug-likeness (QED) is 0.324. The van der Waals surface area contributed by atoms with Crippen molar-refractivity contribution in [3.63, 3.8) is 0 Å². The van der Waals surface area contributed by atoms with E-state index in [4.69, 9.17) is 4.74 Å². The fourth-order valence-corrected chi connectivity index (χ4v) is 3.02. The minimum atomic E-state index is -0.457. The molecule has 0 aliphatic carbocycles. The van der Waals surface area contributed by atoms with E-state index in [0.717, 1.165) is 22.2 Å². The van der Waals surface area contributed by atoms with E-state index in [2.05, 4.69) is 0 Å². The topological polar surface area (TPSA) is 69.4 Å². The average molecular weight is 349 g/mol. The molecule has 0 amide bonds. The van der Waals surface area contributed by atoms with Crippen LogP contribution in [0.5, 0.6) is 0 Å². The summed E-state index contributed by atoms with van der Waals surface area (Å²) in [4.78, 5) is 23.8. The van der Waals surface area contributed by atoms with Gasteiger partial charge >= 0.3 is 5.97 Å². The summed E-state index contributed by atoms with van der Waals surface area (Å²) >= 11 is 2.75. The van der Waals surface area contributed by atoms with Gasteiger partial charge in [0.05, 0.1) is 15.6 Å². The monoisotopic (exact) mass is 349 g/mol. The lowest BCUT2D eigenvalue weighted by Crippen LogP contribution is -2.07. The van der Waals surface area contributed by atoms with Crippen molar-refractivity contribution in [3.05, 3.63) is 64.2 Å². The maximum Gasteiger partial charge on any atom is 0.316 e. The molecule has 5 nitrogen and oxygen atoms in total. The van der Waals surface area contributed by atoms with Crippen molar-refractivity contribution in [1.29, 1.82) is 0 Å². The van der Waals surface area contributed by atoms with Crippen molar-refractivity contribution in [2.45, 2.75) is 16.4 Å². The maximum atomic E-state index is 11.8. The second kappa shape index (κ2) is 8.59. The van der Waals surface area contributed by atoms with E-state index >= 15 is 0 Å². The van der Waals surface area contributed by atoms with Crippen LogP contribution in [0.25, 0.3) is 0 Å². The van der Waals surface area contributed by atoms with Crippen LogP contribution in [0.2, 0.25) is 0 Å². The molecule has 0 atom stereocenters. The number of para-hydroxylation sites is 1. The Labute approximate surface area is 142 Å². The molecule has 23 heavy (non-hydrogen) atoms. The van der Waals surface area contributed by atoms with Gasteiger partial charge in [-0.3, -0.25) is 14.9 Å². The zero-order valence-corrected chi connectivity index (χ0v) is 14.1. The Hall–Kier alpha value is -1.99. The minimum Gasteiger partial charge on any atom is -0.460 e. The molecule has 0 radical (unpaired) electrons. The number of thioether (sulfide) groups is 2. The average Bonchev–Trinajstić information content (AvgIpc) is 2.58. The highest BCUT2D eigenvalue weighted by molar-refractivity contribution is 8.00. The Morgan fingerprint density at radius 1 is 1.17 bits per heavy atom. The standard InChI is InChI=1S/C16H15NO4S2/c1-22-13-8-6-12(7-9-13)10-21-16(18)11-23-15-5-3-2-4-14(15)17(19)20/h2-9H,10-11H2,1H3. The molecule has 2 aromatic rings. The third-order valence-corrected chi connectivity index (χ3v) is 4.75. The highest BCUT2D eigenvalue weighted by atomic mass is 32.2. The Kier molecular flexibility index (Phi) is 6.49. The number of hydrogen-bond donors (Lipinski definition) is 0. The summed E-state index contributed by atoms with van der Waals surface area (Å²) in [6, 6.07) is 14.1. The summed E-state index contributed by atoms with van der Waals surface area (Å²) in [5.74, 6) is -0.365. The fraction of sp³-hybridized carbons (Fsp3) is 0.188. The summed E-state index contributed by atoms with van der Waals surface area (Å²) in [6.45, 7) is 0.199. The Bertz CT molecular complexity index is 689. The molecule has 2 rings (SSSR count). The number of esters is 1. The summed E-state index contributed by atoms with van der Waals surface area (Å²) in [5, 5.41) is 10.9. The Morgan fingerprint density at radius 3 is 2.52 bits per heavy atom. The normalized spacial score (nSPS) is 10.3. The molecule has 0 bridgehead atoms. The molecular formula is C16H15NO4S2. The first kappa shape index (κ1) is 17.4. The molecular weight excluding hydrogens is 334 g/mol. The van der Waals surface area contributed by atoms with Gasteiger partial charge in [-0.1, -0.05) is 24.3 Å². The van der Waals surface area contributed by atoms with Crippen molar-refractivity contribution >= 4 is 35.2 Å². The molecule has 0 N–H and O–H groups in total. The Balaban J connectivity index is 1.84. The van der Waals surface area contributed by atoms with Gasteiger partial charge in [0.15, 0.2) is 0 Å². The lowest BCUT2D eigenvalue weighted by Gasteiger charge is -2.06. The van der Waals surface area contributed by atoms with Crippen molar-refractivity contribution in [3.8, 4) is 0 Å². The molecule has 0 spiro atoms. The third-order valence-electron chi connectivity index (χ3n) is 2.97. The first-order chi connectivity index (χ1) is 11.1. The van der Waals surface area contributed by atoms with Crippen LogP contribution in [0.3, 0.4) is 0 Å². The maximum absolute atomic E-state index is 11.8. The van der Waals surface area contributed by atoms with Crippen molar-refractivity contribution in [2.75, 3.05) is 12.0 Å². The number of benzene rings is 2. The summed E-state index contributed by atoms with van der Waals surface area (Å²) < 4.78 is 5.19. The first-order valence-electron chi connectivity index (χ1n) is 6.75. The lowest BCUT2D eigenvalue weighted by molar-refractivity contribution is -0.387. The van der Waals surface area contributed by atoms with E-state index in [1.807, 2.05) is 30.5 Å². The zero-order chi connectivity index (χ0) is 16.7. The predicted octanol–water partition coefficient (Wildman–Crippen LogP) is 4.15. The number of rotatable bonds is 7. The van der Waals surface area contributed by atoms with Gasteiger partial charge in [-0.05, 0) is 30.0 Å². The second-order valence-electron chi connectivity index (χ2n) is 4.52. The zero-order valence-electron chi connectivity index (χ0n) is 12.4.